The normalized spacial score (nSPS) is 10.9. The molecule has 114 valence electrons. The monoisotopic (exact) mass is 333 g/mol. The van der Waals surface area contributed by atoms with Crippen LogP contribution in [0, 0.1) is 0 Å². The smallest absolute Gasteiger partial charge is 0.225 e. The molecule has 0 aliphatic rings. The van der Waals surface area contributed by atoms with E-state index in [1.807, 2.05) is 38.1 Å². The SMILES string of the molecule is CCOc1ccc(-c2csc3nc(Cl)nc(N(C)C)c23)cc1. The van der Waals surface area contributed by atoms with Crippen molar-refractivity contribution in [1.29, 1.82) is 0 Å². The zero-order chi connectivity index (χ0) is 15.7. The van der Waals surface area contributed by atoms with Gasteiger partial charge in [0.2, 0.25) is 5.28 Å². The summed E-state index contributed by atoms with van der Waals surface area (Å²) in [6.45, 7) is 2.64. The van der Waals surface area contributed by atoms with Crippen LogP contribution in [-0.4, -0.2) is 30.7 Å². The van der Waals surface area contributed by atoms with Crippen LogP contribution in [0.15, 0.2) is 29.6 Å². The van der Waals surface area contributed by atoms with E-state index in [2.05, 4.69) is 27.5 Å². The Bertz CT molecular complexity index is 799. The molecular weight excluding hydrogens is 318 g/mol. The quantitative estimate of drug-likeness (QED) is 0.660. The van der Waals surface area contributed by atoms with Crippen molar-refractivity contribution in [3.63, 3.8) is 0 Å². The third-order valence-corrected chi connectivity index (χ3v) is 4.33. The van der Waals surface area contributed by atoms with E-state index in [1.54, 1.807) is 11.3 Å². The molecular formula is C16H16ClN3OS. The van der Waals surface area contributed by atoms with Gasteiger partial charge in [-0.25, -0.2) is 4.98 Å². The van der Waals surface area contributed by atoms with Crippen molar-refractivity contribution in [3.8, 4) is 16.9 Å². The highest BCUT2D eigenvalue weighted by Crippen LogP contribution is 2.38. The molecule has 6 heteroatoms. The van der Waals surface area contributed by atoms with Crippen LogP contribution in [0.5, 0.6) is 5.75 Å². The highest BCUT2D eigenvalue weighted by Gasteiger charge is 2.16. The maximum absolute atomic E-state index is 6.02. The third-order valence-electron chi connectivity index (χ3n) is 3.29. The minimum Gasteiger partial charge on any atom is -0.494 e. The predicted molar refractivity (Wildman–Crippen MR) is 93.4 cm³/mol. The molecule has 0 saturated heterocycles. The van der Waals surface area contributed by atoms with Gasteiger partial charge in [0.25, 0.3) is 0 Å². The summed E-state index contributed by atoms with van der Waals surface area (Å²) in [5.74, 6) is 1.71. The van der Waals surface area contributed by atoms with Crippen molar-refractivity contribution in [2.75, 3.05) is 25.6 Å². The van der Waals surface area contributed by atoms with Crippen molar-refractivity contribution in [1.82, 2.24) is 9.97 Å². The minimum atomic E-state index is 0.274. The Morgan fingerprint density at radius 3 is 2.55 bits per heavy atom. The van der Waals surface area contributed by atoms with E-state index < -0.39 is 0 Å². The van der Waals surface area contributed by atoms with Crippen molar-refractivity contribution in [2.45, 2.75) is 6.92 Å². The summed E-state index contributed by atoms with van der Waals surface area (Å²) in [4.78, 5) is 11.6. The molecule has 3 rings (SSSR count). The Morgan fingerprint density at radius 2 is 1.91 bits per heavy atom. The predicted octanol–water partition coefficient (Wildman–Crippen LogP) is 4.48. The molecule has 0 saturated carbocycles. The van der Waals surface area contributed by atoms with Crippen LogP contribution in [-0.2, 0) is 0 Å². The number of benzene rings is 1. The molecule has 0 aliphatic heterocycles. The first-order chi connectivity index (χ1) is 10.6. The summed E-state index contributed by atoms with van der Waals surface area (Å²) >= 11 is 7.60. The van der Waals surface area contributed by atoms with Crippen LogP contribution < -0.4 is 9.64 Å². The fraction of sp³-hybridized carbons (Fsp3) is 0.250. The molecule has 0 aliphatic carbocycles. The molecule has 0 N–H and O–H groups in total. The molecule has 0 fully saturated rings. The molecule has 0 atom stereocenters. The summed E-state index contributed by atoms with van der Waals surface area (Å²) in [5, 5.41) is 3.40. The number of anilines is 1. The van der Waals surface area contributed by atoms with Crippen LogP contribution >= 0.6 is 22.9 Å². The van der Waals surface area contributed by atoms with Crippen molar-refractivity contribution >= 4 is 39.0 Å². The minimum absolute atomic E-state index is 0.274. The molecule has 3 aromatic rings. The first kappa shape index (κ1) is 15.1. The van der Waals surface area contributed by atoms with Gasteiger partial charge in [-0.15, -0.1) is 11.3 Å². The summed E-state index contributed by atoms with van der Waals surface area (Å²) in [7, 11) is 3.91. The van der Waals surface area contributed by atoms with Crippen LogP contribution in [0.1, 0.15) is 6.92 Å². The first-order valence-electron chi connectivity index (χ1n) is 6.95. The summed E-state index contributed by atoms with van der Waals surface area (Å²) in [6, 6.07) is 8.07. The maximum Gasteiger partial charge on any atom is 0.225 e. The van der Waals surface area contributed by atoms with Gasteiger partial charge in [0.1, 0.15) is 16.4 Å². The van der Waals surface area contributed by atoms with Crippen molar-refractivity contribution < 1.29 is 4.74 Å². The highest BCUT2D eigenvalue weighted by molar-refractivity contribution is 7.17. The molecule has 0 radical (unpaired) electrons. The fourth-order valence-corrected chi connectivity index (χ4v) is 3.49. The standard InChI is InChI=1S/C16H16ClN3OS/c1-4-21-11-7-5-10(6-8-11)12-9-22-15-13(12)14(20(2)3)18-16(17)19-15/h5-9H,4H2,1-3H3. The van der Waals surface area contributed by atoms with Crippen LogP contribution in [0.2, 0.25) is 5.28 Å². The van der Waals surface area contributed by atoms with Crippen LogP contribution in [0.3, 0.4) is 0 Å². The number of thiophene rings is 1. The van der Waals surface area contributed by atoms with Gasteiger partial charge in [0.15, 0.2) is 0 Å². The topological polar surface area (TPSA) is 38.3 Å². The highest BCUT2D eigenvalue weighted by atomic mass is 35.5. The lowest BCUT2D eigenvalue weighted by molar-refractivity contribution is 0.340. The van der Waals surface area contributed by atoms with Crippen LogP contribution in [0.4, 0.5) is 5.82 Å². The lowest BCUT2D eigenvalue weighted by Gasteiger charge is -2.14. The average Bonchev–Trinajstić information content (AvgIpc) is 2.91. The molecule has 4 nitrogen and oxygen atoms in total. The lowest BCUT2D eigenvalue weighted by atomic mass is 10.1. The van der Waals surface area contributed by atoms with E-state index in [9.17, 15) is 0 Å². The Hall–Kier alpha value is -1.85. The number of nitrogens with zero attached hydrogens (tertiary/aromatic N) is 3. The van der Waals surface area contributed by atoms with E-state index in [4.69, 9.17) is 16.3 Å². The van der Waals surface area contributed by atoms with E-state index in [-0.39, 0.29) is 5.28 Å². The molecule has 0 spiro atoms. The van der Waals surface area contributed by atoms with Gasteiger partial charge < -0.3 is 9.64 Å². The molecule has 0 unspecified atom stereocenters. The number of hydrogen-bond acceptors (Lipinski definition) is 5. The molecule has 22 heavy (non-hydrogen) atoms. The Labute approximate surface area is 138 Å². The van der Waals surface area contributed by atoms with Gasteiger partial charge in [-0.1, -0.05) is 12.1 Å². The summed E-state index contributed by atoms with van der Waals surface area (Å²) < 4.78 is 5.50. The molecule has 0 amide bonds. The van der Waals surface area contributed by atoms with Crippen molar-refractivity contribution in [2.24, 2.45) is 0 Å². The van der Waals surface area contributed by atoms with E-state index in [0.29, 0.717) is 6.61 Å². The number of fused-ring (bicyclic) bond motifs is 1. The molecule has 2 heterocycles. The Morgan fingerprint density at radius 1 is 1.18 bits per heavy atom. The average molecular weight is 334 g/mol. The van der Waals surface area contributed by atoms with Gasteiger partial charge >= 0.3 is 0 Å². The van der Waals surface area contributed by atoms with Gasteiger partial charge in [-0.05, 0) is 36.2 Å². The molecule has 2 aromatic heterocycles. The summed E-state index contributed by atoms with van der Waals surface area (Å²) in [6.07, 6.45) is 0. The zero-order valence-corrected chi connectivity index (χ0v) is 14.2. The number of halogens is 1. The van der Waals surface area contributed by atoms with Crippen molar-refractivity contribution in [3.05, 3.63) is 34.9 Å². The van der Waals surface area contributed by atoms with Gasteiger partial charge in [0.05, 0.1) is 12.0 Å². The maximum atomic E-state index is 6.02. The molecule has 1 aromatic carbocycles. The Balaban J connectivity index is 2.14. The zero-order valence-electron chi connectivity index (χ0n) is 12.6. The number of rotatable bonds is 4. The van der Waals surface area contributed by atoms with Crippen LogP contribution in [0.25, 0.3) is 21.3 Å². The van der Waals surface area contributed by atoms with Gasteiger partial charge in [-0.3, -0.25) is 0 Å². The van der Waals surface area contributed by atoms with Gasteiger partial charge in [0, 0.05) is 25.0 Å². The van der Waals surface area contributed by atoms with E-state index in [1.165, 1.54) is 0 Å². The lowest BCUT2D eigenvalue weighted by Crippen LogP contribution is -2.11. The Kier molecular flexibility index (Phi) is 4.18. The number of ether oxygens (including phenoxy) is 1. The second-order valence-electron chi connectivity index (χ2n) is 5.00. The largest absolute Gasteiger partial charge is 0.494 e. The second kappa shape index (κ2) is 6.10. The van der Waals surface area contributed by atoms with E-state index >= 15 is 0 Å². The third kappa shape index (κ3) is 2.74. The first-order valence-corrected chi connectivity index (χ1v) is 8.21. The summed E-state index contributed by atoms with van der Waals surface area (Å²) in [5.41, 5.74) is 2.23. The number of hydrogen-bond donors (Lipinski definition) is 0. The fourth-order valence-electron chi connectivity index (χ4n) is 2.33. The van der Waals surface area contributed by atoms with E-state index in [0.717, 1.165) is 32.9 Å². The number of aromatic nitrogens is 2. The second-order valence-corrected chi connectivity index (χ2v) is 6.19. The molecule has 0 bridgehead atoms. The van der Waals surface area contributed by atoms with Gasteiger partial charge in [-0.2, -0.15) is 4.98 Å².